The Balaban J connectivity index is 1.52. The maximum absolute atomic E-state index is 12.7. The number of hydrogen-bond donors (Lipinski definition) is 2. The van der Waals surface area contributed by atoms with Crippen LogP contribution in [0.15, 0.2) is 71.6 Å². The van der Waals surface area contributed by atoms with Gasteiger partial charge in [-0.1, -0.05) is 23.8 Å². The number of benzene rings is 3. The SMILES string of the molecule is Cc1ccc(NS(=O)(=O)c2cccc(C(=O)Nc3ccc4c(c3)OCCO4)c2)cc1. The average Bonchev–Trinajstić information content (AvgIpc) is 2.75. The van der Waals surface area contributed by atoms with E-state index < -0.39 is 15.9 Å². The zero-order valence-corrected chi connectivity index (χ0v) is 17.0. The van der Waals surface area contributed by atoms with E-state index in [1.54, 1.807) is 36.4 Å². The van der Waals surface area contributed by atoms with Crippen molar-refractivity contribution >= 4 is 27.3 Å². The molecule has 30 heavy (non-hydrogen) atoms. The summed E-state index contributed by atoms with van der Waals surface area (Å²) in [6.45, 7) is 2.84. The predicted octanol–water partition coefficient (Wildman–Crippen LogP) is 3.82. The number of rotatable bonds is 5. The maximum atomic E-state index is 12.7. The van der Waals surface area contributed by atoms with Crippen LogP contribution in [0.25, 0.3) is 0 Å². The van der Waals surface area contributed by atoms with E-state index in [1.165, 1.54) is 18.2 Å². The Labute approximate surface area is 174 Å². The molecule has 1 aliphatic heterocycles. The number of hydrogen-bond acceptors (Lipinski definition) is 5. The highest BCUT2D eigenvalue weighted by molar-refractivity contribution is 7.92. The first kappa shape index (κ1) is 19.8. The van der Waals surface area contributed by atoms with Crippen LogP contribution in [0.5, 0.6) is 11.5 Å². The summed E-state index contributed by atoms with van der Waals surface area (Å²) in [5.74, 6) is 0.742. The van der Waals surface area contributed by atoms with Gasteiger partial charge in [0, 0.05) is 23.0 Å². The van der Waals surface area contributed by atoms with Crippen LogP contribution in [0.3, 0.4) is 0 Å². The van der Waals surface area contributed by atoms with Gasteiger partial charge in [0.05, 0.1) is 4.90 Å². The molecule has 0 saturated heterocycles. The summed E-state index contributed by atoms with van der Waals surface area (Å²) in [7, 11) is -3.83. The van der Waals surface area contributed by atoms with Crippen molar-refractivity contribution in [3.8, 4) is 11.5 Å². The Kier molecular flexibility index (Phi) is 5.33. The lowest BCUT2D eigenvalue weighted by atomic mass is 10.2. The van der Waals surface area contributed by atoms with Crippen LogP contribution in [0.4, 0.5) is 11.4 Å². The van der Waals surface area contributed by atoms with Gasteiger partial charge < -0.3 is 14.8 Å². The number of anilines is 2. The van der Waals surface area contributed by atoms with Gasteiger partial charge in [0.2, 0.25) is 0 Å². The van der Waals surface area contributed by atoms with E-state index in [0.29, 0.717) is 36.1 Å². The third kappa shape index (κ3) is 4.38. The van der Waals surface area contributed by atoms with Crippen molar-refractivity contribution in [2.45, 2.75) is 11.8 Å². The van der Waals surface area contributed by atoms with Gasteiger partial charge in [-0.25, -0.2) is 8.42 Å². The minimum atomic E-state index is -3.83. The Morgan fingerprint density at radius 3 is 2.33 bits per heavy atom. The van der Waals surface area contributed by atoms with Crippen LogP contribution in [0.2, 0.25) is 0 Å². The Morgan fingerprint density at radius 1 is 0.867 bits per heavy atom. The second-order valence-corrected chi connectivity index (χ2v) is 8.49. The predicted molar refractivity (Wildman–Crippen MR) is 114 cm³/mol. The monoisotopic (exact) mass is 424 g/mol. The minimum Gasteiger partial charge on any atom is -0.486 e. The molecular weight excluding hydrogens is 404 g/mol. The van der Waals surface area contributed by atoms with Gasteiger partial charge in [0.25, 0.3) is 15.9 Å². The van der Waals surface area contributed by atoms with Gasteiger partial charge in [0.1, 0.15) is 13.2 Å². The summed E-state index contributed by atoms with van der Waals surface area (Å²) in [5, 5.41) is 2.75. The lowest BCUT2D eigenvalue weighted by molar-refractivity contribution is 0.102. The first-order valence-electron chi connectivity index (χ1n) is 9.31. The minimum absolute atomic E-state index is 0.00195. The molecule has 0 aliphatic carbocycles. The molecule has 1 amide bonds. The number of sulfonamides is 1. The molecule has 0 unspecified atom stereocenters. The number of carbonyl (C=O) groups is 1. The molecule has 0 radical (unpaired) electrons. The van der Waals surface area contributed by atoms with Crippen LogP contribution < -0.4 is 19.5 Å². The molecule has 0 aromatic heterocycles. The number of ether oxygens (including phenoxy) is 2. The van der Waals surface area contributed by atoms with Gasteiger partial charge in [0.15, 0.2) is 11.5 Å². The van der Waals surface area contributed by atoms with E-state index in [1.807, 2.05) is 19.1 Å². The summed E-state index contributed by atoms with van der Waals surface area (Å²) < 4.78 is 38.9. The number of aryl methyl sites for hydroxylation is 1. The van der Waals surface area contributed by atoms with Crippen LogP contribution in [-0.4, -0.2) is 27.5 Å². The van der Waals surface area contributed by atoms with Gasteiger partial charge >= 0.3 is 0 Å². The summed E-state index contributed by atoms with van der Waals surface area (Å²) in [4.78, 5) is 12.7. The first-order valence-corrected chi connectivity index (χ1v) is 10.8. The molecule has 0 fully saturated rings. The van der Waals surface area contributed by atoms with Gasteiger partial charge in [-0.3, -0.25) is 9.52 Å². The molecule has 2 N–H and O–H groups in total. The van der Waals surface area contributed by atoms with Crippen LogP contribution in [-0.2, 0) is 10.0 Å². The number of fused-ring (bicyclic) bond motifs is 1. The third-order valence-electron chi connectivity index (χ3n) is 4.51. The standard InChI is InChI=1S/C22H20N2O5S/c1-15-5-7-17(8-6-15)24-30(26,27)19-4-2-3-16(13-19)22(25)23-18-9-10-20-21(14-18)29-12-11-28-20/h2-10,13-14,24H,11-12H2,1H3,(H,23,25). The topological polar surface area (TPSA) is 93.7 Å². The average molecular weight is 424 g/mol. The van der Waals surface area contributed by atoms with Crippen LogP contribution in [0.1, 0.15) is 15.9 Å². The van der Waals surface area contributed by atoms with Gasteiger partial charge in [-0.15, -0.1) is 0 Å². The summed E-state index contributed by atoms with van der Waals surface area (Å²) >= 11 is 0. The molecule has 154 valence electrons. The van der Waals surface area contributed by atoms with Crippen molar-refractivity contribution in [3.63, 3.8) is 0 Å². The fourth-order valence-electron chi connectivity index (χ4n) is 2.96. The van der Waals surface area contributed by atoms with E-state index >= 15 is 0 Å². The largest absolute Gasteiger partial charge is 0.486 e. The Morgan fingerprint density at radius 2 is 1.57 bits per heavy atom. The normalized spacial score (nSPS) is 12.8. The van der Waals surface area contributed by atoms with Gasteiger partial charge in [-0.2, -0.15) is 0 Å². The van der Waals surface area contributed by atoms with E-state index in [-0.39, 0.29) is 10.5 Å². The molecule has 0 spiro atoms. The highest BCUT2D eigenvalue weighted by Crippen LogP contribution is 2.32. The molecule has 8 heteroatoms. The molecule has 0 bridgehead atoms. The van der Waals surface area contributed by atoms with Crippen molar-refractivity contribution in [2.24, 2.45) is 0 Å². The highest BCUT2D eigenvalue weighted by Gasteiger charge is 2.18. The summed E-state index contributed by atoms with van der Waals surface area (Å²) in [5.41, 5.74) is 2.22. The van der Waals surface area contributed by atoms with E-state index in [2.05, 4.69) is 10.0 Å². The first-order chi connectivity index (χ1) is 14.4. The quantitative estimate of drug-likeness (QED) is 0.649. The molecule has 3 aromatic carbocycles. The van der Waals surface area contributed by atoms with Gasteiger partial charge in [-0.05, 0) is 49.4 Å². The molecule has 1 aliphatic rings. The van der Waals surface area contributed by atoms with Crippen molar-refractivity contribution in [2.75, 3.05) is 23.3 Å². The highest BCUT2D eigenvalue weighted by atomic mass is 32.2. The van der Waals surface area contributed by atoms with Crippen molar-refractivity contribution < 1.29 is 22.7 Å². The molecule has 7 nitrogen and oxygen atoms in total. The van der Waals surface area contributed by atoms with E-state index in [0.717, 1.165) is 5.56 Å². The van der Waals surface area contributed by atoms with Crippen molar-refractivity contribution in [1.29, 1.82) is 0 Å². The molecule has 4 rings (SSSR count). The third-order valence-corrected chi connectivity index (χ3v) is 5.89. The lowest BCUT2D eigenvalue weighted by Gasteiger charge is -2.19. The zero-order valence-electron chi connectivity index (χ0n) is 16.2. The fraction of sp³-hybridized carbons (Fsp3) is 0.136. The number of nitrogens with one attached hydrogen (secondary N) is 2. The lowest BCUT2D eigenvalue weighted by Crippen LogP contribution is -2.17. The smallest absolute Gasteiger partial charge is 0.261 e. The van der Waals surface area contributed by atoms with Crippen LogP contribution >= 0.6 is 0 Å². The van der Waals surface area contributed by atoms with Crippen molar-refractivity contribution in [3.05, 3.63) is 77.9 Å². The molecule has 3 aromatic rings. The summed E-state index contributed by atoms with van der Waals surface area (Å²) in [6, 6.07) is 18.0. The Hall–Kier alpha value is -3.52. The second kappa shape index (κ2) is 8.08. The number of carbonyl (C=O) groups excluding carboxylic acids is 1. The van der Waals surface area contributed by atoms with Crippen LogP contribution in [0, 0.1) is 6.92 Å². The fourth-order valence-corrected chi connectivity index (χ4v) is 4.07. The second-order valence-electron chi connectivity index (χ2n) is 6.81. The molecule has 0 atom stereocenters. The maximum Gasteiger partial charge on any atom is 0.261 e. The molecular formula is C22H20N2O5S. The van der Waals surface area contributed by atoms with Crippen molar-refractivity contribution in [1.82, 2.24) is 0 Å². The van der Waals surface area contributed by atoms with E-state index in [9.17, 15) is 13.2 Å². The Bertz CT molecular complexity index is 1190. The number of amides is 1. The zero-order chi connectivity index (χ0) is 21.1. The molecule has 1 heterocycles. The molecule has 0 saturated carbocycles. The van der Waals surface area contributed by atoms with E-state index in [4.69, 9.17) is 9.47 Å². The summed E-state index contributed by atoms with van der Waals surface area (Å²) in [6.07, 6.45) is 0.